The molecule has 6 amide bonds. The number of aromatic nitrogens is 2. The molecule has 7 fully saturated rings. The molecule has 1 aromatic heterocycles. The first-order valence-corrected chi connectivity index (χ1v) is 24.2. The number of hydrogen-bond acceptors (Lipinski definition) is 14. The van der Waals surface area contributed by atoms with Crippen LogP contribution >= 0.6 is 0 Å². The second kappa shape index (κ2) is 19.0. The molecule has 2 aromatic carbocycles. The topological polar surface area (TPSA) is 222 Å². The zero-order valence-electron chi connectivity index (χ0n) is 38.7. The van der Waals surface area contributed by atoms with E-state index < -0.39 is 41.9 Å². The van der Waals surface area contributed by atoms with Crippen LogP contribution in [0.2, 0.25) is 0 Å². The van der Waals surface area contributed by atoms with E-state index in [1.165, 1.54) is 30.5 Å². The molecule has 3 aromatic rings. The highest BCUT2D eigenvalue weighted by atomic mass is 19.4. The third-order valence-electron chi connectivity index (χ3n) is 15.7. The zero-order valence-corrected chi connectivity index (χ0v) is 38.7. The number of carbonyl (C=O) groups is 6. The van der Waals surface area contributed by atoms with Crippen molar-refractivity contribution < 1.29 is 51.1 Å². The van der Waals surface area contributed by atoms with Crippen LogP contribution in [0, 0.1) is 46.2 Å². The number of rotatable bonds is 13. The van der Waals surface area contributed by atoms with E-state index in [1.807, 2.05) is 4.90 Å². The maximum atomic E-state index is 15.5. The fourth-order valence-corrected chi connectivity index (χ4v) is 12.6. The van der Waals surface area contributed by atoms with Crippen LogP contribution in [0.4, 0.5) is 35.0 Å². The predicted molar refractivity (Wildman–Crippen MR) is 245 cm³/mol. The normalized spacial score (nSPS) is 26.3. The maximum Gasteiger partial charge on any atom is 0.573 e. The number of benzene rings is 2. The number of fused-ring (bicyclic) bond motifs is 1. The summed E-state index contributed by atoms with van der Waals surface area (Å²) in [5, 5.41) is 22.0. The van der Waals surface area contributed by atoms with Crippen LogP contribution in [0.1, 0.15) is 89.6 Å². The van der Waals surface area contributed by atoms with Crippen molar-refractivity contribution in [1.82, 2.24) is 35.3 Å². The summed E-state index contributed by atoms with van der Waals surface area (Å²) >= 11 is 0. The number of ether oxygens (including phenoxy) is 1. The van der Waals surface area contributed by atoms with Gasteiger partial charge in [0.2, 0.25) is 29.6 Å². The van der Waals surface area contributed by atoms with E-state index in [0.29, 0.717) is 82.2 Å². The van der Waals surface area contributed by atoms with E-state index >= 15 is 4.39 Å². The molecule has 3 atom stereocenters. The lowest BCUT2D eigenvalue weighted by Crippen LogP contribution is -2.60. The lowest BCUT2D eigenvalue weighted by Gasteiger charge is -2.60. The lowest BCUT2D eigenvalue weighted by molar-refractivity contribution is -0.274. The number of nitrogens with one attached hydrogen (secondary N) is 4. The van der Waals surface area contributed by atoms with Crippen molar-refractivity contribution in [1.29, 1.82) is 5.26 Å². The van der Waals surface area contributed by atoms with Gasteiger partial charge in [-0.3, -0.25) is 39.0 Å². The van der Waals surface area contributed by atoms with Crippen molar-refractivity contribution in [2.45, 2.75) is 82.8 Å². The molecule has 22 heteroatoms. The Morgan fingerprint density at radius 1 is 0.901 bits per heavy atom. The van der Waals surface area contributed by atoms with E-state index in [4.69, 9.17) is 0 Å². The van der Waals surface area contributed by atoms with Crippen LogP contribution in [-0.4, -0.2) is 131 Å². The van der Waals surface area contributed by atoms with Gasteiger partial charge in [-0.2, -0.15) is 10.2 Å². The standard InChI is InChI=1S/C49H53F4N11O7/c50-35-17-33-34(46(70)64(45(33)69)36-5-6-39(65)59-43(36)67)18-37(35)61-11-13-63(14-12-61)44(68)28-7-9-62(10-8-28)40(66)25-55-41-30-15-27-16-31(41)21-48(19-27,20-30)26-58-42-32(22-54)24-57-47(60-42)56-23-29-3-1-2-4-38(29)71-49(51,52)53/h1-4,17-18,24,27-28,30-31,36,41,55H,5-16,19-21,23,25-26H2,(H,59,65,67)(H2,56,57,58,60). The van der Waals surface area contributed by atoms with E-state index in [0.717, 1.165) is 43.1 Å². The van der Waals surface area contributed by atoms with Gasteiger partial charge in [-0.15, -0.1) is 13.2 Å². The SMILES string of the molecule is N#Cc1cnc(NCc2ccccc2OC(F)(F)F)nc1NCC12CC3CC(C1)C(NCC(=O)N1CCC(C(=O)N4CCN(c5cc6c(cc5F)C(=O)N(C5CCC(=O)NC5=O)C6=O)CC4)CC1)C(C3)C2. The average Bonchev–Trinajstić information content (AvgIpc) is 3.58. The van der Waals surface area contributed by atoms with Crippen molar-refractivity contribution in [2.24, 2.45) is 29.1 Å². The minimum Gasteiger partial charge on any atom is -0.405 e. The van der Waals surface area contributed by atoms with Crippen LogP contribution in [-0.2, 0) is 25.7 Å². The van der Waals surface area contributed by atoms with Gasteiger partial charge in [-0.1, -0.05) is 18.2 Å². The molecule has 4 aliphatic heterocycles. The van der Waals surface area contributed by atoms with Crippen molar-refractivity contribution in [3.05, 3.63) is 70.7 Å². The van der Waals surface area contributed by atoms with Gasteiger partial charge in [0.05, 0.1) is 29.6 Å². The average molecular weight is 984 g/mol. The molecule has 0 spiro atoms. The van der Waals surface area contributed by atoms with Gasteiger partial charge >= 0.3 is 6.36 Å². The van der Waals surface area contributed by atoms with Crippen molar-refractivity contribution in [2.75, 3.05) is 67.9 Å². The summed E-state index contributed by atoms with van der Waals surface area (Å²) < 4.78 is 58.6. The molecule has 4 aliphatic carbocycles. The number of imide groups is 2. The van der Waals surface area contributed by atoms with Crippen LogP contribution in [0.15, 0.2) is 42.6 Å². The number of likely N-dealkylation sites (tertiary alicyclic amines) is 1. The third kappa shape index (κ3) is 9.67. The number of alkyl halides is 3. The Labute approximate surface area is 405 Å². The molecule has 11 rings (SSSR count). The van der Waals surface area contributed by atoms with E-state index in [2.05, 4.69) is 42.0 Å². The Hall–Kier alpha value is -6.89. The number of carbonyl (C=O) groups excluding carboxylic acids is 6. The molecule has 5 heterocycles. The number of piperazine rings is 1. The molecule has 4 saturated carbocycles. The van der Waals surface area contributed by atoms with E-state index in [1.54, 1.807) is 15.9 Å². The summed E-state index contributed by atoms with van der Waals surface area (Å²) in [5.74, 6) is -2.25. The lowest BCUT2D eigenvalue weighted by atomic mass is 9.48. The Kier molecular flexibility index (Phi) is 12.8. The van der Waals surface area contributed by atoms with E-state index in [-0.39, 0.29) is 94.8 Å². The molecule has 3 saturated heterocycles. The third-order valence-corrected chi connectivity index (χ3v) is 15.7. The number of hydrogen-bond donors (Lipinski definition) is 4. The first kappa shape index (κ1) is 47.8. The number of halogens is 4. The van der Waals surface area contributed by atoms with Gasteiger partial charge < -0.3 is 35.4 Å². The fraction of sp³-hybridized carbons (Fsp3) is 0.531. The number of nitriles is 1. The van der Waals surface area contributed by atoms with Gasteiger partial charge in [0.25, 0.3) is 11.8 Å². The molecule has 71 heavy (non-hydrogen) atoms. The Morgan fingerprint density at radius 3 is 2.30 bits per heavy atom. The van der Waals surface area contributed by atoms with Gasteiger partial charge in [0.1, 0.15) is 35.1 Å². The van der Waals surface area contributed by atoms with Crippen molar-refractivity contribution in [3.63, 3.8) is 0 Å². The number of para-hydroxylation sites is 1. The summed E-state index contributed by atoms with van der Waals surface area (Å²) in [7, 11) is 0. The van der Waals surface area contributed by atoms with Gasteiger partial charge in [-0.05, 0) is 92.7 Å². The number of amides is 6. The Bertz CT molecular complexity index is 2680. The molecular formula is C49H53F4N11O7. The molecule has 3 unspecified atom stereocenters. The molecule has 4 N–H and O–H groups in total. The maximum absolute atomic E-state index is 15.5. The quantitative estimate of drug-likeness (QED) is 0.140. The minimum absolute atomic E-state index is 0.0000532. The first-order valence-electron chi connectivity index (χ1n) is 24.2. The molecule has 8 aliphatic rings. The second-order valence-corrected chi connectivity index (χ2v) is 20.1. The molecule has 0 radical (unpaired) electrons. The van der Waals surface area contributed by atoms with Crippen LogP contribution < -0.4 is 30.9 Å². The molecule has 4 bridgehead atoms. The largest absolute Gasteiger partial charge is 0.573 e. The van der Waals surface area contributed by atoms with Gasteiger partial charge in [-0.25, -0.2) is 9.37 Å². The summed E-state index contributed by atoms with van der Waals surface area (Å²) in [5.41, 5.74) is 0.450. The molecule has 18 nitrogen and oxygen atoms in total. The summed E-state index contributed by atoms with van der Waals surface area (Å²) in [6.07, 6.45) is 2.64. The number of anilines is 3. The van der Waals surface area contributed by atoms with Crippen molar-refractivity contribution in [3.8, 4) is 11.8 Å². The van der Waals surface area contributed by atoms with Gasteiger partial charge in [0.15, 0.2) is 0 Å². The summed E-state index contributed by atoms with van der Waals surface area (Å²) in [4.78, 5) is 92.8. The van der Waals surface area contributed by atoms with Gasteiger partial charge in [0, 0.05) is 76.3 Å². The first-order chi connectivity index (χ1) is 34.0. The zero-order chi connectivity index (χ0) is 49.8. The second-order valence-electron chi connectivity index (χ2n) is 20.1. The Balaban J connectivity index is 0.676. The highest BCUT2D eigenvalue weighted by Gasteiger charge is 2.55. The molecule has 374 valence electrons. The number of nitrogens with zero attached hydrogens (tertiary/aromatic N) is 7. The van der Waals surface area contributed by atoms with Crippen LogP contribution in [0.3, 0.4) is 0 Å². The predicted octanol–water partition coefficient (Wildman–Crippen LogP) is 4.18. The Morgan fingerprint density at radius 2 is 1.61 bits per heavy atom. The molecular weight excluding hydrogens is 931 g/mol. The smallest absolute Gasteiger partial charge is 0.405 e. The summed E-state index contributed by atoms with van der Waals surface area (Å²) in [6, 6.07) is 9.30. The van der Waals surface area contributed by atoms with E-state index in [9.17, 15) is 47.2 Å². The minimum atomic E-state index is -4.84. The fourth-order valence-electron chi connectivity index (χ4n) is 12.6. The van der Waals surface area contributed by atoms with Crippen LogP contribution in [0.5, 0.6) is 5.75 Å². The van der Waals surface area contributed by atoms with Crippen molar-refractivity contribution >= 4 is 52.9 Å². The highest BCUT2D eigenvalue weighted by Crippen LogP contribution is 2.60. The van der Waals surface area contributed by atoms with Crippen LogP contribution in [0.25, 0.3) is 0 Å². The monoisotopic (exact) mass is 983 g/mol. The summed E-state index contributed by atoms with van der Waals surface area (Å²) in [6.45, 7) is 2.90. The number of piperidine rings is 2. The highest BCUT2D eigenvalue weighted by molar-refractivity contribution is 6.23.